The number of para-hydroxylation sites is 2. The summed E-state index contributed by atoms with van der Waals surface area (Å²) in [6.07, 6.45) is 0. The van der Waals surface area contributed by atoms with Gasteiger partial charge in [-0.2, -0.15) is 4.57 Å². The Morgan fingerprint density at radius 1 is 0.682 bits per heavy atom. The van der Waals surface area contributed by atoms with E-state index in [0.717, 1.165) is 0 Å². The fourth-order valence-corrected chi connectivity index (χ4v) is 2.13. The number of fused-ring (bicyclic) bond motifs is 2. The molecule has 3 rings (SSSR count). The normalized spacial score (nSPS) is 14.9. The first-order valence-electron chi connectivity index (χ1n) is 6.14. The van der Waals surface area contributed by atoms with Crippen LogP contribution in [-0.4, -0.2) is 0 Å². The van der Waals surface area contributed by atoms with Gasteiger partial charge in [0.1, 0.15) is 7.05 Å². The molecular weight excluding hydrogens is 327 g/mol. The van der Waals surface area contributed by atoms with E-state index in [1.807, 2.05) is 0 Å². The van der Waals surface area contributed by atoms with Gasteiger partial charge in [0.05, 0.1) is 0 Å². The van der Waals surface area contributed by atoms with Crippen LogP contribution in [0.5, 0.6) is 0 Å². The number of rotatable bonds is 0. The molecule has 1 aromatic heterocycles. The van der Waals surface area contributed by atoms with Crippen molar-refractivity contribution < 1.29 is 29.7 Å². The van der Waals surface area contributed by atoms with E-state index < -0.39 is 7.81 Å². The number of halogens is 6. The van der Waals surface area contributed by atoms with Gasteiger partial charge in [0.15, 0.2) is 0 Å². The van der Waals surface area contributed by atoms with E-state index in [-0.39, 0.29) is 0 Å². The van der Waals surface area contributed by atoms with Crippen LogP contribution in [0.25, 0.3) is 21.8 Å². The summed E-state index contributed by atoms with van der Waals surface area (Å²) in [6.45, 7) is 0. The van der Waals surface area contributed by atoms with Gasteiger partial charge in [-0.3, -0.25) is 0 Å². The molecule has 0 unspecified atom stereocenters. The van der Waals surface area contributed by atoms with Gasteiger partial charge in [-0.15, -0.1) is 0 Å². The molecule has 0 saturated carbocycles. The predicted octanol–water partition coefficient (Wildman–Crippen LogP) is 6.20. The maximum atomic E-state index is 9.87. The zero-order valence-electron chi connectivity index (χ0n) is 11.4. The van der Waals surface area contributed by atoms with Crippen LogP contribution in [0.1, 0.15) is 0 Å². The van der Waals surface area contributed by atoms with Crippen LogP contribution >= 0.6 is 7.81 Å². The Bertz CT molecular complexity index is 777. The summed E-state index contributed by atoms with van der Waals surface area (Å²) in [5.74, 6) is 0. The second kappa shape index (κ2) is 4.56. The first-order chi connectivity index (χ1) is 9.81. The van der Waals surface area contributed by atoms with Gasteiger partial charge >= 0.3 is 33.0 Å². The second-order valence-corrected chi connectivity index (χ2v) is 6.70. The van der Waals surface area contributed by atoms with Crippen molar-refractivity contribution in [3.05, 3.63) is 54.6 Å². The molecule has 0 saturated heterocycles. The van der Waals surface area contributed by atoms with Gasteiger partial charge in [-0.1, -0.05) is 24.3 Å². The average molecular weight is 339 g/mol. The van der Waals surface area contributed by atoms with E-state index in [0.29, 0.717) is 0 Å². The Morgan fingerprint density at radius 2 is 1.00 bits per heavy atom. The van der Waals surface area contributed by atoms with Crippen LogP contribution in [0.2, 0.25) is 0 Å². The minimum atomic E-state index is -10.7. The van der Waals surface area contributed by atoms with E-state index in [1.165, 1.54) is 21.8 Å². The predicted molar refractivity (Wildman–Crippen MR) is 76.2 cm³/mol. The van der Waals surface area contributed by atoms with E-state index >= 15 is 0 Å². The van der Waals surface area contributed by atoms with Crippen LogP contribution < -0.4 is 4.57 Å². The summed E-state index contributed by atoms with van der Waals surface area (Å²) in [6, 6.07) is 19.2. The van der Waals surface area contributed by atoms with Gasteiger partial charge < -0.3 is 0 Å². The summed E-state index contributed by atoms with van der Waals surface area (Å²) < 4.78 is 61.4. The monoisotopic (exact) mass is 339 g/mol. The molecular formula is C14H12F6NP. The molecule has 120 valence electrons. The van der Waals surface area contributed by atoms with Gasteiger partial charge in [-0.25, -0.2) is 0 Å². The molecule has 0 atom stereocenters. The molecule has 1 heterocycles. The van der Waals surface area contributed by atoms with E-state index in [4.69, 9.17) is 0 Å². The van der Waals surface area contributed by atoms with Crippen LogP contribution in [0.4, 0.5) is 25.2 Å². The van der Waals surface area contributed by atoms with Gasteiger partial charge in [0.25, 0.3) is 0 Å². The average Bonchev–Trinajstić information content (AvgIpc) is 2.35. The maximum absolute atomic E-state index is 10.7. The third-order valence-corrected chi connectivity index (χ3v) is 2.91. The van der Waals surface area contributed by atoms with E-state index in [2.05, 4.69) is 66.2 Å². The van der Waals surface area contributed by atoms with Crippen molar-refractivity contribution in [2.24, 2.45) is 7.05 Å². The molecule has 22 heavy (non-hydrogen) atoms. The summed E-state index contributed by atoms with van der Waals surface area (Å²) >= 11 is 0. The number of hydrogen-bond acceptors (Lipinski definition) is 0. The van der Waals surface area contributed by atoms with Crippen LogP contribution in [-0.2, 0) is 7.05 Å². The molecule has 0 N–H and O–H groups in total. The first kappa shape index (κ1) is 16.5. The number of benzene rings is 2. The Labute approximate surface area is 122 Å². The second-order valence-electron chi connectivity index (χ2n) is 4.78. The summed E-state index contributed by atoms with van der Waals surface area (Å²) in [5, 5.41) is 2.58. The first-order valence-corrected chi connectivity index (χ1v) is 8.17. The third-order valence-electron chi connectivity index (χ3n) is 2.91. The van der Waals surface area contributed by atoms with Crippen molar-refractivity contribution in [3.63, 3.8) is 0 Å². The van der Waals surface area contributed by atoms with Crippen molar-refractivity contribution in [2.45, 2.75) is 0 Å². The fraction of sp³-hybridized carbons (Fsp3) is 0.0714. The van der Waals surface area contributed by atoms with Crippen molar-refractivity contribution in [2.75, 3.05) is 0 Å². The quantitative estimate of drug-likeness (QED) is 0.199. The topological polar surface area (TPSA) is 3.88 Å². The van der Waals surface area contributed by atoms with Gasteiger partial charge in [-0.05, 0) is 18.2 Å². The van der Waals surface area contributed by atoms with Crippen molar-refractivity contribution in [1.82, 2.24) is 0 Å². The van der Waals surface area contributed by atoms with Crippen molar-refractivity contribution in [3.8, 4) is 0 Å². The van der Waals surface area contributed by atoms with Crippen molar-refractivity contribution in [1.29, 1.82) is 0 Å². The minimum absolute atomic E-state index is 1.27. The Morgan fingerprint density at radius 3 is 1.36 bits per heavy atom. The van der Waals surface area contributed by atoms with Gasteiger partial charge in [0.2, 0.25) is 11.0 Å². The van der Waals surface area contributed by atoms with Crippen LogP contribution in [0.15, 0.2) is 54.6 Å². The number of pyridine rings is 1. The molecule has 8 heteroatoms. The molecule has 0 amide bonds. The molecule has 0 bridgehead atoms. The zero-order valence-corrected chi connectivity index (χ0v) is 12.3. The Hall–Kier alpha value is -1.88. The standard InChI is InChI=1S/C14H12N.F6P/c1-15-13-8-4-2-6-11(13)10-12-7-3-5-9-14(12)15;1-7(2,3,4,5)6/h2-10H,1H3;/q+1;-1. The number of aromatic nitrogens is 1. The number of aryl methyl sites for hydroxylation is 1. The summed E-state index contributed by atoms with van der Waals surface area (Å²) in [5.41, 5.74) is 2.55. The molecule has 0 aliphatic heterocycles. The van der Waals surface area contributed by atoms with Crippen LogP contribution in [0.3, 0.4) is 0 Å². The molecule has 0 aliphatic carbocycles. The molecule has 3 aromatic rings. The molecule has 0 fully saturated rings. The number of hydrogen-bond donors (Lipinski definition) is 0. The molecule has 0 radical (unpaired) electrons. The molecule has 2 aromatic carbocycles. The van der Waals surface area contributed by atoms with Crippen LogP contribution in [0, 0.1) is 0 Å². The Kier molecular flexibility index (Phi) is 3.41. The van der Waals surface area contributed by atoms with Crippen molar-refractivity contribution >= 4 is 29.6 Å². The zero-order chi connectivity index (χ0) is 16.7. The van der Waals surface area contributed by atoms with Gasteiger partial charge in [0, 0.05) is 22.9 Å². The van der Waals surface area contributed by atoms with E-state index in [9.17, 15) is 25.2 Å². The summed E-state index contributed by atoms with van der Waals surface area (Å²) in [7, 11) is -8.54. The SMILES string of the molecule is C[n+]1c2ccccc2cc2ccccc21.F[P-](F)(F)(F)(F)F. The molecule has 0 spiro atoms. The Balaban J connectivity index is 0.000000217. The molecule has 0 aliphatic rings. The number of nitrogens with zero attached hydrogens (tertiary/aromatic N) is 1. The third kappa shape index (κ3) is 5.15. The summed E-state index contributed by atoms with van der Waals surface area (Å²) in [4.78, 5) is 0. The molecule has 1 nitrogen and oxygen atoms in total. The van der Waals surface area contributed by atoms with E-state index in [1.54, 1.807) is 0 Å². The fourth-order valence-electron chi connectivity index (χ4n) is 2.13.